The van der Waals surface area contributed by atoms with Gasteiger partial charge in [0, 0.05) is 24.7 Å². The van der Waals surface area contributed by atoms with Gasteiger partial charge in [-0.25, -0.2) is 0 Å². The van der Waals surface area contributed by atoms with Crippen molar-refractivity contribution in [1.29, 1.82) is 0 Å². The van der Waals surface area contributed by atoms with Crippen LogP contribution in [0.1, 0.15) is 39.2 Å². The molecule has 0 aliphatic heterocycles. The Morgan fingerprint density at radius 3 is 2.65 bits per heavy atom. The molecule has 0 radical (unpaired) electrons. The van der Waals surface area contributed by atoms with Gasteiger partial charge in [0.05, 0.1) is 0 Å². The Balaban J connectivity index is 2.16. The lowest BCUT2D eigenvalue weighted by molar-refractivity contribution is 0.0512. The van der Waals surface area contributed by atoms with E-state index in [-0.39, 0.29) is 5.54 Å². The molecule has 1 heterocycles. The Labute approximate surface area is 109 Å². The standard InChI is InChI=1S/C14H24N2S/c1-11(2)14(3,10-15)16(13-4-5-13)8-12-6-7-17-9-12/h6-7,9,11,13H,4-5,8,10,15H2,1-3H3. The van der Waals surface area contributed by atoms with Crippen LogP contribution in [0.15, 0.2) is 16.8 Å². The molecule has 0 spiro atoms. The van der Waals surface area contributed by atoms with Crippen molar-refractivity contribution in [2.45, 2.75) is 51.7 Å². The van der Waals surface area contributed by atoms with Gasteiger partial charge < -0.3 is 5.73 Å². The molecule has 1 aliphatic rings. The van der Waals surface area contributed by atoms with Crippen molar-refractivity contribution in [3.8, 4) is 0 Å². The fourth-order valence-corrected chi connectivity index (χ4v) is 3.04. The van der Waals surface area contributed by atoms with E-state index in [0.29, 0.717) is 5.92 Å². The number of hydrogen-bond acceptors (Lipinski definition) is 3. The first kappa shape index (κ1) is 13.1. The number of hydrogen-bond donors (Lipinski definition) is 1. The Bertz CT molecular complexity index is 343. The maximum atomic E-state index is 6.06. The zero-order chi connectivity index (χ0) is 12.5. The Morgan fingerprint density at radius 1 is 1.53 bits per heavy atom. The minimum Gasteiger partial charge on any atom is -0.329 e. The summed E-state index contributed by atoms with van der Waals surface area (Å²) in [6, 6.07) is 2.99. The summed E-state index contributed by atoms with van der Waals surface area (Å²) < 4.78 is 0. The van der Waals surface area contributed by atoms with E-state index in [2.05, 4.69) is 42.5 Å². The SMILES string of the molecule is CC(C)C(C)(CN)N(Cc1ccsc1)C1CC1. The van der Waals surface area contributed by atoms with E-state index in [1.54, 1.807) is 11.3 Å². The predicted octanol–water partition coefficient (Wildman–Crippen LogP) is 3.09. The normalized spacial score (nSPS) is 19.9. The van der Waals surface area contributed by atoms with Gasteiger partial charge in [0.15, 0.2) is 0 Å². The Hall–Kier alpha value is -0.380. The second-order valence-electron chi connectivity index (χ2n) is 5.71. The van der Waals surface area contributed by atoms with Crippen molar-refractivity contribution in [2.24, 2.45) is 11.7 Å². The van der Waals surface area contributed by atoms with Gasteiger partial charge in [-0.3, -0.25) is 4.90 Å². The van der Waals surface area contributed by atoms with E-state index in [0.717, 1.165) is 19.1 Å². The van der Waals surface area contributed by atoms with Gasteiger partial charge in [0.2, 0.25) is 0 Å². The first-order chi connectivity index (χ1) is 8.08. The molecule has 1 aliphatic carbocycles. The molecule has 0 bridgehead atoms. The molecule has 2 nitrogen and oxygen atoms in total. The number of nitrogens with zero attached hydrogens (tertiary/aromatic N) is 1. The lowest BCUT2D eigenvalue weighted by atomic mass is 9.86. The molecule has 2 N–H and O–H groups in total. The first-order valence-corrected chi connectivity index (χ1v) is 7.50. The van der Waals surface area contributed by atoms with Crippen LogP contribution in [0.2, 0.25) is 0 Å². The van der Waals surface area contributed by atoms with Gasteiger partial charge in [-0.1, -0.05) is 13.8 Å². The highest BCUT2D eigenvalue weighted by Gasteiger charge is 2.42. The van der Waals surface area contributed by atoms with Crippen LogP contribution in [-0.4, -0.2) is 23.0 Å². The minimum absolute atomic E-state index is 0.128. The molecule has 1 aromatic heterocycles. The quantitative estimate of drug-likeness (QED) is 0.843. The van der Waals surface area contributed by atoms with Crippen molar-refractivity contribution in [1.82, 2.24) is 4.90 Å². The second-order valence-corrected chi connectivity index (χ2v) is 6.49. The molecule has 0 amide bonds. The lowest BCUT2D eigenvalue weighted by Gasteiger charge is -2.44. The third kappa shape index (κ3) is 2.72. The van der Waals surface area contributed by atoms with Crippen LogP contribution in [0.5, 0.6) is 0 Å². The monoisotopic (exact) mass is 252 g/mol. The van der Waals surface area contributed by atoms with E-state index in [1.807, 2.05) is 0 Å². The Morgan fingerprint density at radius 2 is 2.24 bits per heavy atom. The highest BCUT2D eigenvalue weighted by atomic mass is 32.1. The van der Waals surface area contributed by atoms with E-state index >= 15 is 0 Å². The first-order valence-electron chi connectivity index (χ1n) is 6.56. The third-order valence-corrected chi connectivity index (χ3v) is 4.97. The van der Waals surface area contributed by atoms with Crippen molar-refractivity contribution < 1.29 is 0 Å². The largest absolute Gasteiger partial charge is 0.329 e. The molecule has 2 rings (SSSR count). The zero-order valence-electron chi connectivity index (χ0n) is 11.1. The molecule has 96 valence electrons. The summed E-state index contributed by atoms with van der Waals surface area (Å²) in [5, 5.41) is 4.42. The summed E-state index contributed by atoms with van der Waals surface area (Å²) in [5.74, 6) is 0.590. The lowest BCUT2D eigenvalue weighted by Crippen LogP contribution is -2.55. The maximum absolute atomic E-state index is 6.06. The van der Waals surface area contributed by atoms with Crippen molar-refractivity contribution in [2.75, 3.05) is 6.54 Å². The number of nitrogens with two attached hydrogens (primary N) is 1. The molecule has 1 aromatic rings. The molecule has 1 fully saturated rings. The summed E-state index contributed by atoms with van der Waals surface area (Å²) >= 11 is 1.78. The van der Waals surface area contributed by atoms with E-state index < -0.39 is 0 Å². The van der Waals surface area contributed by atoms with Crippen LogP contribution in [0.3, 0.4) is 0 Å². The number of rotatable bonds is 6. The Kier molecular flexibility index (Phi) is 3.91. The van der Waals surface area contributed by atoms with Crippen LogP contribution in [0, 0.1) is 5.92 Å². The van der Waals surface area contributed by atoms with Crippen LogP contribution in [-0.2, 0) is 6.54 Å². The summed E-state index contributed by atoms with van der Waals surface area (Å²) in [4.78, 5) is 2.64. The topological polar surface area (TPSA) is 29.3 Å². The highest BCUT2D eigenvalue weighted by Crippen LogP contribution is 2.37. The molecular weight excluding hydrogens is 228 g/mol. The van der Waals surface area contributed by atoms with Gasteiger partial charge in [-0.15, -0.1) is 0 Å². The molecule has 1 saturated carbocycles. The van der Waals surface area contributed by atoms with E-state index in [4.69, 9.17) is 5.73 Å². The van der Waals surface area contributed by atoms with Crippen molar-refractivity contribution >= 4 is 11.3 Å². The van der Waals surface area contributed by atoms with Crippen LogP contribution in [0.4, 0.5) is 0 Å². The maximum Gasteiger partial charge on any atom is 0.0332 e. The second kappa shape index (κ2) is 5.09. The van der Waals surface area contributed by atoms with E-state index in [1.165, 1.54) is 18.4 Å². The molecule has 1 unspecified atom stereocenters. The van der Waals surface area contributed by atoms with E-state index in [9.17, 15) is 0 Å². The van der Waals surface area contributed by atoms with Crippen molar-refractivity contribution in [3.05, 3.63) is 22.4 Å². The molecular formula is C14H24N2S. The molecule has 0 aromatic carbocycles. The van der Waals surface area contributed by atoms with Gasteiger partial charge >= 0.3 is 0 Å². The smallest absolute Gasteiger partial charge is 0.0332 e. The average Bonchev–Trinajstić information content (AvgIpc) is 3.02. The molecule has 1 atom stereocenters. The van der Waals surface area contributed by atoms with Crippen LogP contribution < -0.4 is 5.73 Å². The average molecular weight is 252 g/mol. The van der Waals surface area contributed by atoms with Crippen LogP contribution in [0.25, 0.3) is 0 Å². The molecule has 3 heteroatoms. The zero-order valence-corrected chi connectivity index (χ0v) is 12.0. The summed E-state index contributed by atoms with van der Waals surface area (Å²) in [6.07, 6.45) is 2.68. The fraction of sp³-hybridized carbons (Fsp3) is 0.714. The number of thiophene rings is 1. The third-order valence-electron chi connectivity index (χ3n) is 4.23. The van der Waals surface area contributed by atoms with Gasteiger partial charge in [0.1, 0.15) is 0 Å². The molecule has 17 heavy (non-hydrogen) atoms. The van der Waals surface area contributed by atoms with Crippen LogP contribution >= 0.6 is 11.3 Å². The predicted molar refractivity (Wildman–Crippen MR) is 75.2 cm³/mol. The summed E-state index contributed by atoms with van der Waals surface area (Å²) in [6.45, 7) is 8.69. The minimum atomic E-state index is 0.128. The molecule has 0 saturated heterocycles. The van der Waals surface area contributed by atoms with Gasteiger partial charge in [-0.05, 0) is 48.1 Å². The van der Waals surface area contributed by atoms with Gasteiger partial charge in [-0.2, -0.15) is 11.3 Å². The fourth-order valence-electron chi connectivity index (χ4n) is 2.38. The van der Waals surface area contributed by atoms with Gasteiger partial charge in [0.25, 0.3) is 0 Å². The summed E-state index contributed by atoms with van der Waals surface area (Å²) in [7, 11) is 0. The summed E-state index contributed by atoms with van der Waals surface area (Å²) in [5.41, 5.74) is 7.63. The van der Waals surface area contributed by atoms with Crippen molar-refractivity contribution in [3.63, 3.8) is 0 Å². The highest BCUT2D eigenvalue weighted by molar-refractivity contribution is 7.07.